The van der Waals surface area contributed by atoms with Crippen molar-refractivity contribution in [1.82, 2.24) is 10.6 Å². The summed E-state index contributed by atoms with van der Waals surface area (Å²) < 4.78 is 0. The van der Waals surface area contributed by atoms with Gasteiger partial charge < -0.3 is 10.6 Å². The van der Waals surface area contributed by atoms with Crippen molar-refractivity contribution in [2.45, 2.75) is 13.3 Å². The van der Waals surface area contributed by atoms with Gasteiger partial charge in [-0.3, -0.25) is 4.79 Å². The molecule has 0 aliphatic carbocycles. The van der Waals surface area contributed by atoms with Gasteiger partial charge >= 0.3 is 0 Å². The molecule has 0 aromatic heterocycles. The number of hydrogen-bond acceptors (Lipinski definition) is 3. The summed E-state index contributed by atoms with van der Waals surface area (Å²) >= 11 is 1.82. The molecular formula is C10H20N2OS. The van der Waals surface area contributed by atoms with Gasteiger partial charge in [-0.15, -0.1) is 0 Å². The third-order valence-corrected chi connectivity index (χ3v) is 3.38. The van der Waals surface area contributed by atoms with Crippen molar-refractivity contribution in [3.05, 3.63) is 0 Å². The standard InChI is InChI=1S/C10H20N2OS/c1-8-6-11-7-9(8)10(13)12-4-3-5-14-2/h8-9,11H,3-7H2,1-2H3,(H,12,13). The Hall–Kier alpha value is -0.220. The van der Waals surface area contributed by atoms with Crippen molar-refractivity contribution < 1.29 is 4.79 Å². The molecule has 4 heteroatoms. The van der Waals surface area contributed by atoms with Crippen LogP contribution in [-0.2, 0) is 4.79 Å². The van der Waals surface area contributed by atoms with Gasteiger partial charge in [-0.05, 0) is 30.9 Å². The second-order valence-electron chi connectivity index (χ2n) is 3.88. The Balaban J connectivity index is 2.14. The van der Waals surface area contributed by atoms with Gasteiger partial charge in [0.25, 0.3) is 0 Å². The summed E-state index contributed by atoms with van der Waals surface area (Å²) in [5.41, 5.74) is 0. The lowest BCUT2D eigenvalue weighted by atomic mass is 9.97. The molecule has 1 rings (SSSR count). The van der Waals surface area contributed by atoms with Crippen LogP contribution in [0.15, 0.2) is 0 Å². The van der Waals surface area contributed by atoms with Crippen LogP contribution in [0, 0.1) is 11.8 Å². The van der Waals surface area contributed by atoms with E-state index in [0.29, 0.717) is 5.92 Å². The molecule has 2 atom stereocenters. The zero-order valence-electron chi connectivity index (χ0n) is 9.01. The van der Waals surface area contributed by atoms with Crippen LogP contribution in [0.1, 0.15) is 13.3 Å². The average molecular weight is 216 g/mol. The van der Waals surface area contributed by atoms with E-state index < -0.39 is 0 Å². The van der Waals surface area contributed by atoms with Gasteiger partial charge in [0.1, 0.15) is 0 Å². The maximum atomic E-state index is 11.7. The summed E-state index contributed by atoms with van der Waals surface area (Å²) in [7, 11) is 0. The summed E-state index contributed by atoms with van der Waals surface area (Å²) in [6, 6.07) is 0. The molecule has 1 heterocycles. The summed E-state index contributed by atoms with van der Waals surface area (Å²) in [6.45, 7) is 4.77. The van der Waals surface area contributed by atoms with Crippen LogP contribution in [0.5, 0.6) is 0 Å². The van der Waals surface area contributed by atoms with Gasteiger partial charge in [0.05, 0.1) is 5.92 Å². The van der Waals surface area contributed by atoms with Gasteiger partial charge in [-0.1, -0.05) is 6.92 Å². The van der Waals surface area contributed by atoms with Crippen molar-refractivity contribution >= 4 is 17.7 Å². The van der Waals surface area contributed by atoms with Crippen LogP contribution in [0.25, 0.3) is 0 Å². The zero-order valence-corrected chi connectivity index (χ0v) is 9.82. The normalized spacial score (nSPS) is 26.4. The highest BCUT2D eigenvalue weighted by Crippen LogP contribution is 2.15. The van der Waals surface area contributed by atoms with Crippen molar-refractivity contribution in [2.75, 3.05) is 31.6 Å². The lowest BCUT2D eigenvalue weighted by Crippen LogP contribution is -2.35. The van der Waals surface area contributed by atoms with E-state index in [-0.39, 0.29) is 11.8 Å². The minimum absolute atomic E-state index is 0.185. The SMILES string of the molecule is CSCCCNC(=O)C1CNCC1C. The van der Waals surface area contributed by atoms with Gasteiger partial charge in [-0.2, -0.15) is 11.8 Å². The van der Waals surface area contributed by atoms with Crippen LogP contribution in [-0.4, -0.2) is 37.6 Å². The van der Waals surface area contributed by atoms with Crippen molar-refractivity contribution in [3.8, 4) is 0 Å². The van der Waals surface area contributed by atoms with Gasteiger partial charge in [0.2, 0.25) is 5.91 Å². The highest BCUT2D eigenvalue weighted by molar-refractivity contribution is 7.98. The molecule has 1 amide bonds. The molecule has 2 N–H and O–H groups in total. The number of nitrogens with one attached hydrogen (secondary N) is 2. The molecule has 0 saturated carbocycles. The van der Waals surface area contributed by atoms with Crippen molar-refractivity contribution in [1.29, 1.82) is 0 Å². The molecule has 14 heavy (non-hydrogen) atoms. The van der Waals surface area contributed by atoms with E-state index in [9.17, 15) is 4.79 Å². The van der Waals surface area contributed by atoms with E-state index >= 15 is 0 Å². The first-order valence-corrected chi connectivity index (χ1v) is 6.62. The quantitative estimate of drug-likeness (QED) is 0.665. The van der Waals surface area contributed by atoms with Crippen LogP contribution in [0.4, 0.5) is 0 Å². The molecule has 3 nitrogen and oxygen atoms in total. The predicted molar refractivity (Wildman–Crippen MR) is 61.5 cm³/mol. The highest BCUT2D eigenvalue weighted by atomic mass is 32.2. The lowest BCUT2D eigenvalue weighted by Gasteiger charge is -2.13. The minimum Gasteiger partial charge on any atom is -0.356 e. The second kappa shape index (κ2) is 6.30. The molecule has 0 aromatic carbocycles. The van der Waals surface area contributed by atoms with E-state index in [4.69, 9.17) is 0 Å². The van der Waals surface area contributed by atoms with Crippen molar-refractivity contribution in [3.63, 3.8) is 0 Å². The Morgan fingerprint density at radius 3 is 2.93 bits per heavy atom. The summed E-state index contributed by atoms with van der Waals surface area (Å²) in [5, 5.41) is 6.24. The second-order valence-corrected chi connectivity index (χ2v) is 4.87. The first-order valence-electron chi connectivity index (χ1n) is 5.23. The lowest BCUT2D eigenvalue weighted by molar-refractivity contribution is -0.125. The maximum absolute atomic E-state index is 11.7. The third-order valence-electron chi connectivity index (χ3n) is 2.68. The Labute approximate surface area is 90.4 Å². The monoisotopic (exact) mass is 216 g/mol. The van der Waals surface area contributed by atoms with Crippen LogP contribution >= 0.6 is 11.8 Å². The van der Waals surface area contributed by atoms with E-state index in [1.165, 1.54) is 0 Å². The minimum atomic E-state index is 0.185. The van der Waals surface area contributed by atoms with E-state index in [1.54, 1.807) is 0 Å². The van der Waals surface area contributed by atoms with Crippen LogP contribution in [0.2, 0.25) is 0 Å². The molecule has 1 saturated heterocycles. The Morgan fingerprint density at radius 1 is 1.57 bits per heavy atom. The van der Waals surface area contributed by atoms with Crippen LogP contribution in [0.3, 0.4) is 0 Å². The molecule has 2 unspecified atom stereocenters. The van der Waals surface area contributed by atoms with Gasteiger partial charge in [0.15, 0.2) is 0 Å². The fraction of sp³-hybridized carbons (Fsp3) is 0.900. The summed E-state index contributed by atoms with van der Waals surface area (Å²) in [6.07, 6.45) is 3.16. The fourth-order valence-corrected chi connectivity index (χ4v) is 2.15. The topological polar surface area (TPSA) is 41.1 Å². The molecule has 0 aromatic rings. The number of rotatable bonds is 5. The van der Waals surface area contributed by atoms with E-state index in [0.717, 1.165) is 31.8 Å². The Kier molecular flexibility index (Phi) is 5.33. The molecule has 1 aliphatic heterocycles. The first-order chi connectivity index (χ1) is 6.75. The average Bonchev–Trinajstić information content (AvgIpc) is 2.59. The molecule has 82 valence electrons. The number of amides is 1. The number of carbonyl (C=O) groups excluding carboxylic acids is 1. The van der Waals surface area contributed by atoms with Gasteiger partial charge in [0, 0.05) is 13.1 Å². The Bertz CT molecular complexity index is 187. The molecule has 1 fully saturated rings. The predicted octanol–water partition coefficient (Wildman–Crippen LogP) is 0.711. The summed E-state index contributed by atoms with van der Waals surface area (Å²) in [5.74, 6) is 2.02. The number of thioether (sulfide) groups is 1. The van der Waals surface area contributed by atoms with Crippen molar-refractivity contribution in [2.24, 2.45) is 11.8 Å². The molecule has 0 bridgehead atoms. The smallest absolute Gasteiger partial charge is 0.224 e. The Morgan fingerprint density at radius 2 is 2.36 bits per heavy atom. The fourth-order valence-electron chi connectivity index (χ4n) is 1.72. The van der Waals surface area contributed by atoms with Crippen LogP contribution < -0.4 is 10.6 Å². The highest BCUT2D eigenvalue weighted by Gasteiger charge is 2.28. The molecule has 0 radical (unpaired) electrons. The number of hydrogen-bond donors (Lipinski definition) is 2. The first kappa shape index (κ1) is 11.9. The molecule has 1 aliphatic rings. The molecular weight excluding hydrogens is 196 g/mol. The maximum Gasteiger partial charge on any atom is 0.224 e. The van der Waals surface area contributed by atoms with E-state index in [2.05, 4.69) is 23.8 Å². The molecule has 0 spiro atoms. The van der Waals surface area contributed by atoms with Gasteiger partial charge in [-0.25, -0.2) is 0 Å². The summed E-state index contributed by atoms with van der Waals surface area (Å²) in [4.78, 5) is 11.7. The third kappa shape index (κ3) is 3.50. The largest absolute Gasteiger partial charge is 0.356 e. The number of carbonyl (C=O) groups is 1. The van der Waals surface area contributed by atoms with E-state index in [1.807, 2.05) is 11.8 Å². The zero-order chi connectivity index (χ0) is 10.4.